The molecule has 0 unspecified atom stereocenters. The number of carbonyl (C=O) groups excluding carboxylic acids is 1. The zero-order valence-corrected chi connectivity index (χ0v) is 21.9. The molecule has 8 nitrogen and oxygen atoms in total. The third-order valence-electron chi connectivity index (χ3n) is 7.30. The summed E-state index contributed by atoms with van der Waals surface area (Å²) < 4.78 is 30.8. The van der Waals surface area contributed by atoms with Crippen LogP contribution in [0.5, 0.6) is 0 Å². The number of nitrogens with zero attached hydrogens (tertiary/aromatic N) is 6. The zero-order chi connectivity index (χ0) is 27.8. The van der Waals surface area contributed by atoms with Crippen molar-refractivity contribution >= 4 is 22.8 Å². The van der Waals surface area contributed by atoms with Crippen molar-refractivity contribution in [2.24, 2.45) is 0 Å². The van der Waals surface area contributed by atoms with Crippen LogP contribution < -0.4 is 5.73 Å². The summed E-state index contributed by atoms with van der Waals surface area (Å²) in [5, 5.41) is 0. The van der Waals surface area contributed by atoms with E-state index in [4.69, 9.17) is 5.73 Å². The van der Waals surface area contributed by atoms with E-state index in [1.807, 2.05) is 23.1 Å². The zero-order valence-electron chi connectivity index (χ0n) is 21.9. The molecule has 3 aromatic heterocycles. The van der Waals surface area contributed by atoms with Crippen molar-refractivity contribution in [1.82, 2.24) is 29.3 Å². The highest BCUT2D eigenvalue weighted by atomic mass is 19.2. The molecule has 0 bridgehead atoms. The number of nitrogen functional groups attached to an aromatic ring is 1. The van der Waals surface area contributed by atoms with Gasteiger partial charge in [-0.25, -0.2) is 18.7 Å². The number of benzene rings is 2. The SMILES string of the molecule is CC(=O)N1CCN(Cc2ccc(-c3cnc(N)c(-c4nc5cnccc5n4-c4cccc(F)c4F)c3)cc2)CC1. The number of hydrogen-bond donors (Lipinski definition) is 1. The number of piperazine rings is 1. The second-order valence-corrected chi connectivity index (χ2v) is 9.84. The van der Waals surface area contributed by atoms with E-state index in [0.29, 0.717) is 22.4 Å². The number of pyridine rings is 2. The van der Waals surface area contributed by atoms with Gasteiger partial charge in [0.25, 0.3) is 0 Å². The average Bonchev–Trinajstić information content (AvgIpc) is 3.35. The second-order valence-electron chi connectivity index (χ2n) is 9.84. The molecule has 0 saturated carbocycles. The predicted octanol–water partition coefficient (Wildman–Crippen LogP) is 4.67. The number of anilines is 1. The van der Waals surface area contributed by atoms with Crippen molar-refractivity contribution in [2.75, 3.05) is 31.9 Å². The van der Waals surface area contributed by atoms with Gasteiger partial charge in [0.1, 0.15) is 17.2 Å². The van der Waals surface area contributed by atoms with Crippen molar-refractivity contribution in [1.29, 1.82) is 0 Å². The van der Waals surface area contributed by atoms with Crippen molar-refractivity contribution in [3.05, 3.63) is 90.4 Å². The van der Waals surface area contributed by atoms with E-state index < -0.39 is 11.6 Å². The molecule has 10 heteroatoms. The van der Waals surface area contributed by atoms with E-state index in [-0.39, 0.29) is 17.4 Å². The summed E-state index contributed by atoms with van der Waals surface area (Å²) in [6.07, 6.45) is 4.83. The number of hydrogen-bond acceptors (Lipinski definition) is 6. The fraction of sp³-hybridized carbons (Fsp3) is 0.200. The predicted molar refractivity (Wildman–Crippen MR) is 149 cm³/mol. The van der Waals surface area contributed by atoms with Crippen LogP contribution in [-0.4, -0.2) is 61.4 Å². The average molecular weight is 540 g/mol. The number of fused-ring (bicyclic) bond motifs is 1. The number of carbonyl (C=O) groups is 1. The van der Waals surface area contributed by atoms with Gasteiger partial charge in [0.2, 0.25) is 5.91 Å². The fourth-order valence-corrected chi connectivity index (χ4v) is 5.12. The van der Waals surface area contributed by atoms with E-state index in [2.05, 4.69) is 32.0 Å². The maximum absolute atomic E-state index is 15.0. The Morgan fingerprint density at radius 3 is 2.50 bits per heavy atom. The molecule has 0 aliphatic carbocycles. The number of nitrogens with two attached hydrogens (primary N) is 1. The van der Waals surface area contributed by atoms with Crippen molar-refractivity contribution < 1.29 is 13.6 Å². The van der Waals surface area contributed by atoms with Gasteiger partial charge in [0, 0.05) is 57.6 Å². The van der Waals surface area contributed by atoms with Gasteiger partial charge in [0.15, 0.2) is 11.6 Å². The molecule has 2 N–H and O–H groups in total. The quantitative estimate of drug-likeness (QED) is 0.349. The molecule has 6 rings (SSSR count). The molecule has 1 saturated heterocycles. The van der Waals surface area contributed by atoms with Gasteiger partial charge in [-0.05, 0) is 35.4 Å². The number of halogens is 2. The van der Waals surface area contributed by atoms with Gasteiger partial charge >= 0.3 is 0 Å². The molecule has 1 aliphatic rings. The van der Waals surface area contributed by atoms with Gasteiger partial charge in [-0.1, -0.05) is 30.3 Å². The van der Waals surface area contributed by atoms with E-state index in [1.54, 1.807) is 36.1 Å². The van der Waals surface area contributed by atoms with Gasteiger partial charge in [-0.3, -0.25) is 19.2 Å². The standard InChI is InChI=1S/C30H27F2N7O/c1-19(40)38-13-11-37(12-14-38)18-20-5-7-21(8-6-20)22-15-23(29(33)35-16-22)30-36-25-17-34-10-9-26(25)39(30)27-4-2-3-24(31)28(27)32/h2-10,15-17H,11-14,18H2,1H3,(H2,33,35). The minimum atomic E-state index is -0.985. The van der Waals surface area contributed by atoms with Gasteiger partial charge < -0.3 is 10.6 Å². The third-order valence-corrected chi connectivity index (χ3v) is 7.30. The molecule has 4 heterocycles. The van der Waals surface area contributed by atoms with Gasteiger partial charge in [-0.15, -0.1) is 0 Å². The Hall–Kier alpha value is -4.70. The highest BCUT2D eigenvalue weighted by Gasteiger charge is 2.22. The lowest BCUT2D eigenvalue weighted by Gasteiger charge is -2.34. The molecule has 5 aromatic rings. The maximum Gasteiger partial charge on any atom is 0.219 e. The van der Waals surface area contributed by atoms with E-state index >= 15 is 0 Å². The van der Waals surface area contributed by atoms with E-state index in [9.17, 15) is 13.6 Å². The van der Waals surface area contributed by atoms with Crippen molar-refractivity contribution in [2.45, 2.75) is 13.5 Å². The Balaban J connectivity index is 1.33. The Bertz CT molecular complexity index is 1710. The summed E-state index contributed by atoms with van der Waals surface area (Å²) in [4.78, 5) is 29.0. The molecular formula is C30H27F2N7O. The topological polar surface area (TPSA) is 93.2 Å². The van der Waals surface area contributed by atoms with Gasteiger partial charge in [0.05, 0.1) is 23.0 Å². The van der Waals surface area contributed by atoms with Crippen LogP contribution in [0.1, 0.15) is 12.5 Å². The highest BCUT2D eigenvalue weighted by Crippen LogP contribution is 2.34. The third kappa shape index (κ3) is 4.77. The molecule has 0 radical (unpaired) electrons. The molecule has 2 aromatic carbocycles. The Kier molecular flexibility index (Phi) is 6.69. The van der Waals surface area contributed by atoms with Crippen molar-refractivity contribution in [3.8, 4) is 28.2 Å². The number of rotatable bonds is 5. The van der Waals surface area contributed by atoms with Crippen LogP contribution in [0.4, 0.5) is 14.6 Å². The van der Waals surface area contributed by atoms with E-state index in [1.165, 1.54) is 17.7 Å². The smallest absolute Gasteiger partial charge is 0.219 e. The summed E-state index contributed by atoms with van der Waals surface area (Å²) in [6.45, 7) is 5.58. The first kappa shape index (κ1) is 25.6. The number of imidazole rings is 1. The van der Waals surface area contributed by atoms with Crippen molar-refractivity contribution in [3.63, 3.8) is 0 Å². The largest absolute Gasteiger partial charge is 0.383 e. The molecule has 1 fully saturated rings. The van der Waals surface area contributed by atoms with Crippen LogP contribution in [0.2, 0.25) is 0 Å². The fourth-order valence-electron chi connectivity index (χ4n) is 5.12. The van der Waals surface area contributed by atoms with Crippen LogP contribution in [0.15, 0.2) is 73.2 Å². The summed E-state index contributed by atoms with van der Waals surface area (Å²) in [5.74, 6) is -1.28. The number of amides is 1. The Morgan fingerprint density at radius 2 is 1.75 bits per heavy atom. The minimum Gasteiger partial charge on any atom is -0.383 e. The van der Waals surface area contributed by atoms with Gasteiger partial charge in [-0.2, -0.15) is 0 Å². The Morgan fingerprint density at radius 1 is 0.975 bits per heavy atom. The Labute approximate surface area is 229 Å². The second kappa shape index (κ2) is 10.5. The number of aromatic nitrogens is 4. The lowest BCUT2D eigenvalue weighted by Crippen LogP contribution is -2.47. The normalized spacial score (nSPS) is 14.1. The molecule has 0 spiro atoms. The first-order valence-electron chi connectivity index (χ1n) is 13.0. The summed E-state index contributed by atoms with van der Waals surface area (Å²) in [5.41, 5.74) is 10.8. The lowest BCUT2D eigenvalue weighted by atomic mass is 10.0. The first-order valence-corrected chi connectivity index (χ1v) is 13.0. The molecular weight excluding hydrogens is 512 g/mol. The lowest BCUT2D eigenvalue weighted by molar-refractivity contribution is -0.130. The van der Waals surface area contributed by atoms with Crippen LogP contribution in [0.3, 0.4) is 0 Å². The maximum atomic E-state index is 15.0. The summed E-state index contributed by atoms with van der Waals surface area (Å²) in [6, 6.07) is 15.8. The highest BCUT2D eigenvalue weighted by molar-refractivity contribution is 5.86. The minimum absolute atomic E-state index is 0.0157. The summed E-state index contributed by atoms with van der Waals surface area (Å²) >= 11 is 0. The summed E-state index contributed by atoms with van der Waals surface area (Å²) in [7, 11) is 0. The van der Waals surface area contributed by atoms with Crippen LogP contribution in [0.25, 0.3) is 39.2 Å². The molecule has 1 amide bonds. The molecule has 1 aliphatic heterocycles. The molecule has 40 heavy (non-hydrogen) atoms. The monoisotopic (exact) mass is 539 g/mol. The van der Waals surface area contributed by atoms with Crippen LogP contribution in [-0.2, 0) is 11.3 Å². The molecule has 202 valence electrons. The van der Waals surface area contributed by atoms with Crippen LogP contribution in [0, 0.1) is 11.6 Å². The van der Waals surface area contributed by atoms with Crippen LogP contribution >= 0.6 is 0 Å². The molecule has 0 atom stereocenters. The van der Waals surface area contributed by atoms with E-state index in [0.717, 1.165) is 49.9 Å². The first-order chi connectivity index (χ1) is 19.4.